The van der Waals surface area contributed by atoms with Crippen LogP contribution >= 0.6 is 0 Å². The molecule has 0 unspecified atom stereocenters. The molecule has 0 bridgehead atoms. The van der Waals surface area contributed by atoms with E-state index in [1.54, 1.807) is 11.7 Å². The summed E-state index contributed by atoms with van der Waals surface area (Å²) in [5.41, 5.74) is 0. The number of hydrogen-bond acceptors (Lipinski definition) is 1. The summed E-state index contributed by atoms with van der Waals surface area (Å²) in [5, 5.41) is 1.78. The molecule has 2 nitrogen and oxygen atoms in total. The highest BCUT2D eigenvalue weighted by molar-refractivity contribution is 5.81. The summed E-state index contributed by atoms with van der Waals surface area (Å²) >= 11 is 0. The number of unbranched alkanes of at least 4 members (excludes halogenated alkanes) is 4. The zero-order valence-electron chi connectivity index (χ0n) is 8.16. The first kappa shape index (κ1) is 13.3. The van der Waals surface area contributed by atoms with Crippen molar-refractivity contribution in [3.8, 4) is 0 Å². The van der Waals surface area contributed by atoms with Gasteiger partial charge in [-0.25, -0.2) is 0 Å². The van der Waals surface area contributed by atoms with Crippen molar-refractivity contribution < 1.29 is 18.0 Å². The molecular weight excluding hydrogens is 195 g/mol. The summed E-state index contributed by atoms with van der Waals surface area (Å²) in [6.45, 7) is 2.04. The molecule has 0 saturated carbocycles. The van der Waals surface area contributed by atoms with Gasteiger partial charge in [0, 0.05) is 6.54 Å². The van der Waals surface area contributed by atoms with Gasteiger partial charge < -0.3 is 5.32 Å². The Morgan fingerprint density at radius 2 is 2.00 bits per heavy atom. The third kappa shape index (κ3) is 6.74. The zero-order valence-corrected chi connectivity index (χ0v) is 8.16. The van der Waals surface area contributed by atoms with Gasteiger partial charge in [0.25, 0.3) is 0 Å². The second-order valence-electron chi connectivity index (χ2n) is 2.99. The van der Waals surface area contributed by atoms with Gasteiger partial charge in [0.1, 0.15) is 0 Å². The van der Waals surface area contributed by atoms with E-state index in [9.17, 15) is 18.0 Å². The summed E-state index contributed by atoms with van der Waals surface area (Å²) in [7, 11) is 0. The average Bonchev–Trinajstić information content (AvgIpc) is 2.09. The van der Waals surface area contributed by atoms with Crippen molar-refractivity contribution >= 4 is 5.91 Å². The molecule has 0 aromatic heterocycles. The fraction of sp³-hybridized carbons (Fsp3) is 0.778. The molecule has 0 aliphatic carbocycles. The molecule has 0 saturated heterocycles. The normalized spacial score (nSPS) is 11.4. The number of carbonyl (C=O) groups is 1. The lowest BCUT2D eigenvalue weighted by atomic mass is 10.1. The number of halogens is 3. The van der Waals surface area contributed by atoms with Gasteiger partial charge >= 0.3 is 12.1 Å². The number of hydrogen-bond donors (Lipinski definition) is 1. The van der Waals surface area contributed by atoms with Gasteiger partial charge in [-0.1, -0.05) is 26.2 Å². The molecule has 0 aromatic carbocycles. The monoisotopic (exact) mass is 210 g/mol. The summed E-state index contributed by atoms with van der Waals surface area (Å²) in [5.74, 6) is -1.87. The maximum Gasteiger partial charge on any atom is 0.471 e. The van der Waals surface area contributed by atoms with E-state index in [0.29, 0.717) is 0 Å². The van der Waals surface area contributed by atoms with Crippen LogP contribution in [0.5, 0.6) is 0 Å². The van der Waals surface area contributed by atoms with E-state index in [-0.39, 0.29) is 6.54 Å². The minimum absolute atomic E-state index is 0.0118. The number of alkyl halides is 3. The second kappa shape index (κ2) is 6.68. The van der Waals surface area contributed by atoms with Crippen molar-refractivity contribution in [1.82, 2.24) is 5.32 Å². The molecule has 0 aromatic rings. The molecule has 0 rings (SSSR count). The summed E-state index contributed by atoms with van der Waals surface area (Å²) in [6, 6.07) is 0. The van der Waals surface area contributed by atoms with Crippen LogP contribution in [-0.4, -0.2) is 18.6 Å². The third-order valence-electron chi connectivity index (χ3n) is 1.68. The van der Waals surface area contributed by atoms with Crippen LogP contribution in [0.15, 0.2) is 0 Å². The average molecular weight is 210 g/mol. The van der Waals surface area contributed by atoms with E-state index in [1.807, 2.05) is 6.92 Å². The smallest absolute Gasteiger partial charge is 0.348 e. The quantitative estimate of drug-likeness (QED) is 0.670. The van der Waals surface area contributed by atoms with Gasteiger partial charge in [0.15, 0.2) is 0 Å². The second-order valence-corrected chi connectivity index (χ2v) is 2.99. The van der Waals surface area contributed by atoms with Crippen molar-refractivity contribution in [2.45, 2.75) is 38.8 Å². The molecule has 5 heteroatoms. The van der Waals surface area contributed by atoms with Crippen molar-refractivity contribution in [3.05, 3.63) is 6.42 Å². The predicted octanol–water partition coefficient (Wildman–Crippen LogP) is 2.45. The maximum absolute atomic E-state index is 11.7. The number of carbonyl (C=O) groups excluding carboxylic acids is 1. The van der Waals surface area contributed by atoms with E-state index in [0.717, 1.165) is 25.7 Å². The Balaban J connectivity index is 3.33. The van der Waals surface area contributed by atoms with Crippen LogP contribution in [0.3, 0.4) is 0 Å². The lowest BCUT2D eigenvalue weighted by molar-refractivity contribution is -0.173. The highest BCUT2D eigenvalue weighted by Crippen LogP contribution is 2.13. The summed E-state index contributed by atoms with van der Waals surface area (Å²) in [4.78, 5) is 10.3. The van der Waals surface area contributed by atoms with Crippen LogP contribution in [0, 0.1) is 6.42 Å². The Morgan fingerprint density at radius 1 is 1.36 bits per heavy atom. The maximum atomic E-state index is 11.7. The van der Waals surface area contributed by atoms with Crippen LogP contribution in [0.4, 0.5) is 13.2 Å². The Morgan fingerprint density at radius 3 is 2.50 bits per heavy atom. The molecule has 0 heterocycles. The first-order valence-electron chi connectivity index (χ1n) is 4.65. The lowest BCUT2D eigenvalue weighted by Crippen LogP contribution is -2.37. The van der Waals surface area contributed by atoms with Crippen molar-refractivity contribution in [2.24, 2.45) is 0 Å². The van der Waals surface area contributed by atoms with Gasteiger partial charge in [-0.3, -0.25) is 4.79 Å². The lowest BCUT2D eigenvalue weighted by Gasteiger charge is -2.06. The molecule has 0 fully saturated rings. The van der Waals surface area contributed by atoms with Crippen LogP contribution in [0.2, 0.25) is 0 Å². The third-order valence-corrected chi connectivity index (χ3v) is 1.68. The number of rotatable bonds is 6. The Kier molecular flexibility index (Phi) is 6.32. The fourth-order valence-electron chi connectivity index (χ4n) is 0.906. The minimum atomic E-state index is -4.77. The first-order valence-corrected chi connectivity index (χ1v) is 4.65. The van der Waals surface area contributed by atoms with Crippen molar-refractivity contribution in [3.63, 3.8) is 0 Å². The van der Waals surface area contributed by atoms with E-state index < -0.39 is 12.1 Å². The van der Waals surface area contributed by atoms with Crippen molar-refractivity contribution in [1.29, 1.82) is 0 Å². The van der Waals surface area contributed by atoms with Gasteiger partial charge in [-0.2, -0.15) is 13.2 Å². The highest BCUT2D eigenvalue weighted by Gasteiger charge is 2.38. The summed E-state index contributed by atoms with van der Waals surface area (Å²) in [6.07, 6.45) is 0.716. The Hall–Kier alpha value is -0.740. The highest BCUT2D eigenvalue weighted by atomic mass is 19.4. The molecule has 0 atom stereocenters. The van der Waals surface area contributed by atoms with Gasteiger partial charge in [0.2, 0.25) is 0 Å². The standard InChI is InChI=1S/C9H15F3NO/c1-2-3-4-5-6-7-13-8(14)9(10,11)12/h6H,2-5,7H2,1H3,(H,13,14). The predicted molar refractivity (Wildman–Crippen MR) is 47.5 cm³/mol. The SMILES string of the molecule is CCCCC[CH]CNC(=O)C(F)(F)F. The molecule has 1 radical (unpaired) electrons. The van der Waals surface area contributed by atoms with E-state index in [4.69, 9.17) is 0 Å². The zero-order chi connectivity index (χ0) is 11.0. The van der Waals surface area contributed by atoms with Gasteiger partial charge in [0.05, 0.1) is 0 Å². The summed E-state index contributed by atoms with van der Waals surface area (Å²) < 4.78 is 35.0. The number of nitrogens with one attached hydrogen (secondary N) is 1. The Bertz CT molecular complexity index is 168. The molecule has 0 aliphatic heterocycles. The van der Waals surface area contributed by atoms with E-state index in [2.05, 4.69) is 0 Å². The van der Waals surface area contributed by atoms with Crippen LogP contribution in [-0.2, 0) is 4.79 Å². The molecule has 83 valence electrons. The first-order chi connectivity index (χ1) is 6.48. The molecule has 14 heavy (non-hydrogen) atoms. The van der Waals surface area contributed by atoms with Crippen LogP contribution < -0.4 is 5.32 Å². The van der Waals surface area contributed by atoms with Crippen molar-refractivity contribution in [2.75, 3.05) is 6.54 Å². The van der Waals surface area contributed by atoms with Gasteiger partial charge in [-0.15, -0.1) is 0 Å². The molecule has 1 N–H and O–H groups in total. The molecule has 1 amide bonds. The van der Waals surface area contributed by atoms with E-state index >= 15 is 0 Å². The molecule has 0 aliphatic rings. The van der Waals surface area contributed by atoms with Gasteiger partial charge in [-0.05, 0) is 12.8 Å². The number of amides is 1. The largest absolute Gasteiger partial charge is 0.471 e. The Labute approximate surface area is 81.9 Å². The topological polar surface area (TPSA) is 29.1 Å². The van der Waals surface area contributed by atoms with Crippen LogP contribution in [0.25, 0.3) is 0 Å². The molecule has 0 spiro atoms. The fourth-order valence-corrected chi connectivity index (χ4v) is 0.906. The van der Waals surface area contributed by atoms with E-state index in [1.165, 1.54) is 0 Å². The minimum Gasteiger partial charge on any atom is -0.348 e. The molecular formula is C9H15F3NO. The van der Waals surface area contributed by atoms with Crippen LogP contribution in [0.1, 0.15) is 32.6 Å².